The molecule has 0 fully saturated rings. The van der Waals surface area contributed by atoms with Gasteiger partial charge in [-0.15, -0.1) is 0 Å². The molecule has 7 nitrogen and oxygen atoms in total. The minimum atomic E-state index is -0.274. The Morgan fingerprint density at radius 1 is 1.07 bits per heavy atom. The van der Waals surface area contributed by atoms with Gasteiger partial charge in [-0.05, 0) is 36.8 Å². The van der Waals surface area contributed by atoms with E-state index in [1.165, 1.54) is 11.8 Å². The fourth-order valence-corrected chi connectivity index (χ4v) is 3.38. The predicted molar refractivity (Wildman–Crippen MR) is 116 cm³/mol. The van der Waals surface area contributed by atoms with E-state index in [0.29, 0.717) is 29.5 Å². The number of fused-ring (bicyclic) bond motifs is 1. The number of nitrogens with zero attached hydrogens (tertiary/aromatic N) is 4. The number of hydrogen-bond donors (Lipinski definition) is 1. The van der Waals surface area contributed by atoms with Crippen molar-refractivity contribution in [3.63, 3.8) is 0 Å². The number of rotatable bonds is 6. The molecule has 0 saturated heterocycles. The lowest BCUT2D eigenvalue weighted by Gasteiger charge is -2.06. The number of aryl methyl sites for hydroxylation is 1. The number of amides is 1. The van der Waals surface area contributed by atoms with Gasteiger partial charge < -0.3 is 5.32 Å². The lowest BCUT2D eigenvalue weighted by molar-refractivity contribution is 0.0952. The van der Waals surface area contributed by atoms with E-state index in [2.05, 4.69) is 15.3 Å². The molecule has 4 rings (SSSR count). The van der Waals surface area contributed by atoms with Gasteiger partial charge in [0.25, 0.3) is 5.91 Å². The maximum Gasteiger partial charge on any atom is 0.330 e. The van der Waals surface area contributed by atoms with Crippen LogP contribution in [0.15, 0.2) is 65.7 Å². The Morgan fingerprint density at radius 2 is 1.87 bits per heavy atom. The van der Waals surface area contributed by atoms with Gasteiger partial charge in [-0.3, -0.25) is 13.9 Å². The maximum absolute atomic E-state index is 13.1. The van der Waals surface area contributed by atoms with Crippen LogP contribution >= 0.6 is 11.6 Å². The summed E-state index contributed by atoms with van der Waals surface area (Å²) in [4.78, 5) is 33.7. The van der Waals surface area contributed by atoms with Crippen molar-refractivity contribution in [2.45, 2.75) is 20.0 Å². The molecule has 4 aromatic rings. The second-order valence-corrected chi connectivity index (χ2v) is 7.36. The molecular weight excluding hydrogens is 402 g/mol. The minimum absolute atomic E-state index is 0.160. The first-order chi connectivity index (χ1) is 14.5. The fourth-order valence-electron chi connectivity index (χ4n) is 3.27. The van der Waals surface area contributed by atoms with Gasteiger partial charge >= 0.3 is 5.69 Å². The number of hydrogen-bond acceptors (Lipinski definition) is 4. The molecule has 30 heavy (non-hydrogen) atoms. The zero-order chi connectivity index (χ0) is 21.1. The lowest BCUT2D eigenvalue weighted by Crippen LogP contribution is -2.32. The topological polar surface area (TPSA) is 81.8 Å². The van der Waals surface area contributed by atoms with Crippen LogP contribution in [0.1, 0.15) is 21.5 Å². The van der Waals surface area contributed by atoms with Crippen molar-refractivity contribution in [2.75, 3.05) is 6.54 Å². The third-order valence-electron chi connectivity index (χ3n) is 4.85. The van der Waals surface area contributed by atoms with E-state index in [0.717, 1.165) is 11.1 Å². The summed E-state index contributed by atoms with van der Waals surface area (Å²) in [5.74, 6) is -0.274. The smallest absolute Gasteiger partial charge is 0.330 e. The Hall–Kier alpha value is -3.45. The number of halogens is 1. The first-order valence-corrected chi connectivity index (χ1v) is 9.90. The Kier molecular flexibility index (Phi) is 5.63. The quantitative estimate of drug-likeness (QED) is 0.485. The summed E-state index contributed by atoms with van der Waals surface area (Å²) in [6.45, 7) is 3.07. The van der Waals surface area contributed by atoms with Crippen molar-refractivity contribution < 1.29 is 4.79 Å². The highest BCUT2D eigenvalue weighted by atomic mass is 35.5. The van der Waals surface area contributed by atoms with Gasteiger partial charge in [0, 0.05) is 25.5 Å². The monoisotopic (exact) mass is 421 g/mol. The number of benzene rings is 1. The molecule has 8 heteroatoms. The van der Waals surface area contributed by atoms with Gasteiger partial charge in [-0.2, -0.15) is 0 Å². The molecular formula is C22H20ClN5O2. The molecule has 3 aromatic heterocycles. The van der Waals surface area contributed by atoms with Crippen molar-refractivity contribution in [3.05, 3.63) is 93.3 Å². The number of imidazole rings is 1. The molecule has 0 radical (unpaired) electrons. The maximum atomic E-state index is 13.1. The SMILES string of the molecule is Cc1ccc(Cn2c(=O)n(CCNC(=O)c3ccc(Cl)nc3)c3ncccc32)cc1. The van der Waals surface area contributed by atoms with Crippen LogP contribution in [0, 0.1) is 6.92 Å². The highest BCUT2D eigenvalue weighted by Crippen LogP contribution is 2.13. The van der Waals surface area contributed by atoms with Gasteiger partial charge in [0.2, 0.25) is 0 Å². The summed E-state index contributed by atoms with van der Waals surface area (Å²) in [6, 6.07) is 14.9. The molecule has 0 aliphatic heterocycles. The second-order valence-electron chi connectivity index (χ2n) is 6.98. The molecule has 3 heterocycles. The molecule has 0 saturated carbocycles. The molecule has 152 valence electrons. The normalized spacial score (nSPS) is 11.0. The molecule has 0 spiro atoms. The van der Waals surface area contributed by atoms with Crippen molar-refractivity contribution in [2.24, 2.45) is 0 Å². The van der Waals surface area contributed by atoms with E-state index < -0.39 is 0 Å². The van der Waals surface area contributed by atoms with Crippen LogP contribution in [0.3, 0.4) is 0 Å². The second kappa shape index (κ2) is 8.51. The van der Waals surface area contributed by atoms with E-state index in [-0.39, 0.29) is 18.1 Å². The average Bonchev–Trinajstić information content (AvgIpc) is 3.01. The van der Waals surface area contributed by atoms with Crippen LogP contribution in [0.2, 0.25) is 5.15 Å². The number of aromatic nitrogens is 4. The third-order valence-corrected chi connectivity index (χ3v) is 5.07. The molecule has 0 unspecified atom stereocenters. The Labute approximate surface area is 178 Å². The predicted octanol–water partition coefficient (Wildman–Crippen LogP) is 3.03. The Morgan fingerprint density at radius 3 is 2.60 bits per heavy atom. The average molecular weight is 422 g/mol. The van der Waals surface area contributed by atoms with E-state index >= 15 is 0 Å². The summed E-state index contributed by atoms with van der Waals surface area (Å²) in [5.41, 5.74) is 3.81. The van der Waals surface area contributed by atoms with Crippen LogP contribution in [0.25, 0.3) is 11.2 Å². The Balaban J connectivity index is 1.54. The van der Waals surface area contributed by atoms with E-state index in [4.69, 9.17) is 11.6 Å². The first kappa shape index (κ1) is 19.8. The number of carbonyl (C=O) groups is 1. The van der Waals surface area contributed by atoms with Gasteiger partial charge in [0.15, 0.2) is 5.65 Å². The van der Waals surface area contributed by atoms with Crippen molar-refractivity contribution >= 4 is 28.7 Å². The standard InChI is InChI=1S/C22H20ClN5O2/c1-15-4-6-16(7-5-15)14-28-18-3-2-10-24-20(18)27(22(28)30)12-11-25-21(29)17-8-9-19(23)26-13-17/h2-10,13H,11-12,14H2,1H3,(H,25,29). The zero-order valence-corrected chi connectivity index (χ0v) is 17.1. The Bertz CT molecular complexity index is 1240. The molecule has 0 bridgehead atoms. The summed E-state index contributed by atoms with van der Waals surface area (Å²) in [6.07, 6.45) is 3.07. The van der Waals surface area contributed by atoms with Crippen molar-refractivity contribution in [3.8, 4) is 0 Å². The summed E-state index contributed by atoms with van der Waals surface area (Å²) < 4.78 is 3.29. The number of nitrogens with one attached hydrogen (secondary N) is 1. The highest BCUT2D eigenvalue weighted by molar-refractivity contribution is 6.29. The summed E-state index contributed by atoms with van der Waals surface area (Å²) >= 11 is 5.75. The lowest BCUT2D eigenvalue weighted by atomic mass is 10.1. The van der Waals surface area contributed by atoms with Crippen LogP contribution < -0.4 is 11.0 Å². The van der Waals surface area contributed by atoms with Crippen LogP contribution in [-0.4, -0.2) is 31.6 Å². The molecule has 1 N–H and O–H groups in total. The third kappa shape index (κ3) is 4.11. The molecule has 0 atom stereocenters. The molecule has 0 aliphatic carbocycles. The molecule has 1 amide bonds. The van der Waals surface area contributed by atoms with Crippen molar-refractivity contribution in [1.29, 1.82) is 0 Å². The largest absolute Gasteiger partial charge is 0.350 e. The van der Waals surface area contributed by atoms with Crippen LogP contribution in [-0.2, 0) is 13.1 Å². The number of carbonyl (C=O) groups excluding carboxylic acids is 1. The molecule has 0 aliphatic rings. The van der Waals surface area contributed by atoms with E-state index in [9.17, 15) is 9.59 Å². The van der Waals surface area contributed by atoms with Crippen LogP contribution in [0.5, 0.6) is 0 Å². The van der Waals surface area contributed by atoms with Gasteiger partial charge in [-0.25, -0.2) is 14.8 Å². The zero-order valence-electron chi connectivity index (χ0n) is 16.4. The molecule has 1 aromatic carbocycles. The number of pyridine rings is 2. The summed E-state index contributed by atoms with van der Waals surface area (Å²) in [7, 11) is 0. The van der Waals surface area contributed by atoms with E-state index in [1.807, 2.05) is 43.3 Å². The van der Waals surface area contributed by atoms with Crippen LogP contribution in [0.4, 0.5) is 0 Å². The minimum Gasteiger partial charge on any atom is -0.350 e. The van der Waals surface area contributed by atoms with E-state index in [1.54, 1.807) is 27.5 Å². The van der Waals surface area contributed by atoms with Gasteiger partial charge in [0.05, 0.1) is 17.6 Å². The van der Waals surface area contributed by atoms with Crippen molar-refractivity contribution in [1.82, 2.24) is 24.4 Å². The fraction of sp³-hybridized carbons (Fsp3) is 0.182. The van der Waals surface area contributed by atoms with Gasteiger partial charge in [0.1, 0.15) is 5.15 Å². The van der Waals surface area contributed by atoms with Gasteiger partial charge in [-0.1, -0.05) is 41.4 Å². The highest BCUT2D eigenvalue weighted by Gasteiger charge is 2.15. The first-order valence-electron chi connectivity index (χ1n) is 9.52. The summed E-state index contributed by atoms with van der Waals surface area (Å²) in [5, 5.41) is 3.13.